The van der Waals surface area contributed by atoms with E-state index in [0.717, 1.165) is 70.6 Å². The Kier molecular flexibility index (Phi) is 52.5. The summed E-state index contributed by atoms with van der Waals surface area (Å²) in [5, 5.41) is 23.9. The monoisotopic (exact) mass is 928 g/mol. The largest absolute Gasteiger partial charge is 0.462 e. The van der Waals surface area contributed by atoms with Crippen LogP contribution in [0.5, 0.6) is 0 Å². The van der Waals surface area contributed by atoms with Crippen molar-refractivity contribution in [2.24, 2.45) is 0 Å². The average Bonchev–Trinajstić information content (AvgIpc) is 3.31. The van der Waals surface area contributed by atoms with Crippen molar-refractivity contribution in [1.82, 2.24) is 5.32 Å². The highest BCUT2D eigenvalue weighted by Crippen LogP contribution is 2.18. The smallest absolute Gasteiger partial charge is 0.306 e. The Bertz CT molecular complexity index is 1090. The lowest BCUT2D eigenvalue weighted by atomic mass is 10.0. The zero-order valence-corrected chi connectivity index (χ0v) is 44.3. The fourth-order valence-electron chi connectivity index (χ4n) is 9.01. The normalized spacial score (nSPS) is 13.3. The predicted octanol–water partition coefficient (Wildman–Crippen LogP) is 18.0. The number of nitrogens with one attached hydrogen (secondary N) is 1. The van der Waals surface area contributed by atoms with Gasteiger partial charge in [0, 0.05) is 6.42 Å². The van der Waals surface area contributed by atoms with E-state index < -0.39 is 18.2 Å². The van der Waals surface area contributed by atoms with Crippen molar-refractivity contribution in [2.45, 2.75) is 328 Å². The molecule has 3 unspecified atom stereocenters. The summed E-state index contributed by atoms with van der Waals surface area (Å²) in [5.74, 6) is -0.481. The van der Waals surface area contributed by atoms with E-state index in [1.165, 1.54) is 193 Å². The molecule has 0 heterocycles. The first-order valence-electron chi connectivity index (χ1n) is 29.2. The summed E-state index contributed by atoms with van der Waals surface area (Å²) in [5.41, 5.74) is 0. The molecule has 0 fully saturated rings. The van der Waals surface area contributed by atoms with Gasteiger partial charge in [0.15, 0.2) is 0 Å². The van der Waals surface area contributed by atoms with Crippen LogP contribution in [0.4, 0.5) is 0 Å². The number of rotatable bonds is 53. The first kappa shape index (κ1) is 64.1. The third-order valence-corrected chi connectivity index (χ3v) is 13.5. The molecule has 0 radical (unpaired) electrons. The van der Waals surface area contributed by atoms with Gasteiger partial charge in [-0.05, 0) is 77.0 Å². The molecular formula is C60H113NO5. The van der Waals surface area contributed by atoms with E-state index in [1.54, 1.807) is 0 Å². The first-order chi connectivity index (χ1) is 32.5. The molecule has 0 rings (SSSR count). The molecule has 0 aromatic rings. The van der Waals surface area contributed by atoms with E-state index in [4.69, 9.17) is 4.74 Å². The Morgan fingerprint density at radius 2 is 0.773 bits per heavy atom. The molecule has 6 heteroatoms. The number of hydrogen-bond donors (Lipinski definition) is 3. The summed E-state index contributed by atoms with van der Waals surface area (Å²) < 4.78 is 5.96. The van der Waals surface area contributed by atoms with Crippen molar-refractivity contribution < 1.29 is 24.5 Å². The van der Waals surface area contributed by atoms with Crippen LogP contribution in [0.2, 0.25) is 0 Å². The van der Waals surface area contributed by atoms with Gasteiger partial charge in [-0.3, -0.25) is 9.59 Å². The van der Waals surface area contributed by atoms with Crippen LogP contribution in [-0.2, 0) is 14.3 Å². The Labute approximate surface area is 411 Å². The Balaban J connectivity index is 4.58. The number of hydrogen-bond acceptors (Lipinski definition) is 5. The highest BCUT2D eigenvalue weighted by molar-refractivity contribution is 5.77. The molecule has 66 heavy (non-hydrogen) atoms. The molecule has 0 aromatic heterocycles. The lowest BCUT2D eigenvalue weighted by molar-refractivity contribution is -0.151. The quantitative estimate of drug-likeness (QED) is 0.0244. The van der Waals surface area contributed by atoms with Crippen molar-refractivity contribution in [3.05, 3.63) is 36.5 Å². The van der Waals surface area contributed by atoms with Crippen molar-refractivity contribution in [1.29, 1.82) is 0 Å². The van der Waals surface area contributed by atoms with Gasteiger partial charge in [-0.15, -0.1) is 0 Å². The first-order valence-corrected chi connectivity index (χ1v) is 29.2. The summed E-state index contributed by atoms with van der Waals surface area (Å²) in [7, 11) is 0. The maximum atomic E-state index is 13.3. The lowest BCUT2D eigenvalue weighted by Crippen LogP contribution is -2.46. The molecule has 0 aliphatic heterocycles. The number of amides is 1. The fourth-order valence-corrected chi connectivity index (χ4v) is 9.01. The summed E-state index contributed by atoms with van der Waals surface area (Å²) in [4.78, 5) is 26.3. The maximum Gasteiger partial charge on any atom is 0.306 e. The zero-order chi connectivity index (χ0) is 48.1. The van der Waals surface area contributed by atoms with Crippen molar-refractivity contribution in [3.8, 4) is 0 Å². The molecule has 6 nitrogen and oxygen atoms in total. The van der Waals surface area contributed by atoms with Crippen LogP contribution in [0, 0.1) is 0 Å². The van der Waals surface area contributed by atoms with Gasteiger partial charge in [0.1, 0.15) is 6.10 Å². The van der Waals surface area contributed by atoms with Crippen molar-refractivity contribution >= 4 is 11.9 Å². The van der Waals surface area contributed by atoms with E-state index in [0.29, 0.717) is 19.3 Å². The van der Waals surface area contributed by atoms with Gasteiger partial charge >= 0.3 is 5.97 Å². The van der Waals surface area contributed by atoms with Crippen molar-refractivity contribution in [2.75, 3.05) is 6.61 Å². The van der Waals surface area contributed by atoms with E-state index in [1.807, 2.05) is 0 Å². The third-order valence-electron chi connectivity index (χ3n) is 13.5. The predicted molar refractivity (Wildman–Crippen MR) is 287 cm³/mol. The highest BCUT2D eigenvalue weighted by Gasteiger charge is 2.24. The number of allylic oxidation sites excluding steroid dienone is 6. The molecule has 1 amide bonds. The Hall–Kier alpha value is -1.92. The fraction of sp³-hybridized carbons (Fsp3) is 0.867. The molecule has 0 bridgehead atoms. The van der Waals surface area contributed by atoms with Crippen LogP contribution in [0.1, 0.15) is 310 Å². The summed E-state index contributed by atoms with van der Waals surface area (Å²) in [6.45, 7) is 6.50. The number of aliphatic hydroxyl groups is 2. The molecule has 388 valence electrons. The summed E-state index contributed by atoms with van der Waals surface area (Å²) in [6, 6.07) is -0.705. The zero-order valence-electron chi connectivity index (χ0n) is 44.3. The SMILES string of the molecule is CCCCCCCC/C=C/CCCCCCCCCC(CC(=O)NC(CO)C(O)CCCCCCCCCCCCCC)OC(=O)CCCCCCC/C=C/C=C/CCCCCCCCC. The minimum Gasteiger partial charge on any atom is -0.462 e. The van der Waals surface area contributed by atoms with Gasteiger partial charge in [0.25, 0.3) is 0 Å². The van der Waals surface area contributed by atoms with Gasteiger partial charge < -0.3 is 20.3 Å². The average molecular weight is 929 g/mol. The molecule has 0 aliphatic carbocycles. The van der Waals surface area contributed by atoms with E-state index in [9.17, 15) is 19.8 Å². The van der Waals surface area contributed by atoms with Gasteiger partial charge in [0.05, 0.1) is 25.2 Å². The van der Waals surface area contributed by atoms with Crippen LogP contribution in [0.25, 0.3) is 0 Å². The van der Waals surface area contributed by atoms with Gasteiger partial charge in [0.2, 0.25) is 5.91 Å². The van der Waals surface area contributed by atoms with Crippen molar-refractivity contribution in [3.63, 3.8) is 0 Å². The van der Waals surface area contributed by atoms with Crippen LogP contribution in [0.15, 0.2) is 36.5 Å². The topological polar surface area (TPSA) is 95.9 Å². The molecule has 0 aromatic carbocycles. The molecule has 0 aliphatic rings. The molecule has 3 N–H and O–H groups in total. The van der Waals surface area contributed by atoms with E-state index in [2.05, 4.69) is 62.5 Å². The van der Waals surface area contributed by atoms with Gasteiger partial charge in [-0.1, -0.05) is 256 Å². The van der Waals surface area contributed by atoms with E-state index in [-0.39, 0.29) is 24.9 Å². The number of carbonyl (C=O) groups is 2. The van der Waals surface area contributed by atoms with Crippen LogP contribution >= 0.6 is 0 Å². The second kappa shape index (κ2) is 54.0. The molecule has 3 atom stereocenters. The van der Waals surface area contributed by atoms with Crippen LogP contribution in [-0.4, -0.2) is 46.9 Å². The highest BCUT2D eigenvalue weighted by atomic mass is 16.5. The second-order valence-corrected chi connectivity index (χ2v) is 20.1. The summed E-state index contributed by atoms with van der Waals surface area (Å²) >= 11 is 0. The number of ether oxygens (including phenoxy) is 1. The minimum absolute atomic E-state index is 0.0712. The number of aliphatic hydroxyl groups excluding tert-OH is 2. The van der Waals surface area contributed by atoms with E-state index >= 15 is 0 Å². The van der Waals surface area contributed by atoms with Gasteiger partial charge in [-0.2, -0.15) is 0 Å². The minimum atomic E-state index is -0.790. The second-order valence-electron chi connectivity index (χ2n) is 20.1. The lowest BCUT2D eigenvalue weighted by Gasteiger charge is -2.24. The van der Waals surface area contributed by atoms with Crippen LogP contribution < -0.4 is 5.32 Å². The third kappa shape index (κ3) is 48.5. The molecule has 0 spiro atoms. The van der Waals surface area contributed by atoms with Crippen LogP contribution in [0.3, 0.4) is 0 Å². The number of unbranched alkanes of at least 4 members (excludes halogenated alkanes) is 36. The maximum absolute atomic E-state index is 13.3. The Morgan fingerprint density at radius 3 is 1.17 bits per heavy atom. The van der Waals surface area contributed by atoms with Gasteiger partial charge in [-0.25, -0.2) is 0 Å². The standard InChI is InChI=1S/C60H113NO5/c1-4-7-10-13-16-19-22-25-27-29-31-33-35-38-41-44-47-50-53-60(65)66-56(51-48-45-42-39-36-34-32-30-28-26-23-20-17-14-11-8-5-2)54-59(64)61-57(55-62)58(63)52-49-46-43-40-37-24-21-18-15-12-9-6-3/h26-29,31,33,56-58,62-63H,4-25,30,32,34-55H2,1-3H3,(H,61,64)/b28-26+,29-27+,33-31+. The summed E-state index contributed by atoms with van der Waals surface area (Å²) in [6.07, 6.45) is 64.9. The Morgan fingerprint density at radius 1 is 0.439 bits per heavy atom. The molecular weight excluding hydrogens is 815 g/mol. The number of esters is 1. The molecule has 0 saturated heterocycles. The number of carbonyl (C=O) groups excluding carboxylic acids is 2. The molecule has 0 saturated carbocycles.